The van der Waals surface area contributed by atoms with E-state index in [0.717, 1.165) is 23.6 Å². The van der Waals surface area contributed by atoms with Crippen LogP contribution in [0.25, 0.3) is 5.65 Å². The van der Waals surface area contributed by atoms with Crippen molar-refractivity contribution in [3.8, 4) is 0 Å². The van der Waals surface area contributed by atoms with Crippen molar-refractivity contribution in [3.63, 3.8) is 0 Å². The molecule has 0 saturated carbocycles. The third-order valence-electron chi connectivity index (χ3n) is 4.03. The Bertz CT molecular complexity index is 562. The quantitative estimate of drug-likeness (QED) is 0.900. The van der Waals surface area contributed by atoms with Crippen molar-refractivity contribution in [2.24, 2.45) is 5.73 Å². The number of likely N-dealkylation sites (N-methyl/N-ethyl adjacent to an activating group) is 1. The minimum Gasteiger partial charge on any atom is -0.325 e. The third-order valence-corrected chi connectivity index (χ3v) is 4.03. The molecule has 2 aromatic heterocycles. The Balaban J connectivity index is 1.85. The van der Waals surface area contributed by atoms with Gasteiger partial charge in [-0.25, -0.2) is 9.50 Å². The van der Waals surface area contributed by atoms with Gasteiger partial charge in [0.05, 0.1) is 5.69 Å². The summed E-state index contributed by atoms with van der Waals surface area (Å²) in [4.78, 5) is 7.05. The molecule has 3 heterocycles. The van der Waals surface area contributed by atoms with Crippen LogP contribution in [-0.2, 0) is 13.0 Å². The molecule has 0 aromatic carbocycles. The lowest BCUT2D eigenvalue weighted by atomic mass is 10.00. The Morgan fingerprint density at radius 1 is 1.37 bits per heavy atom. The fourth-order valence-electron chi connectivity index (χ4n) is 2.86. The first-order chi connectivity index (χ1) is 9.28. The van der Waals surface area contributed by atoms with E-state index in [1.807, 2.05) is 22.7 Å². The molecule has 1 saturated heterocycles. The summed E-state index contributed by atoms with van der Waals surface area (Å²) in [5, 5.41) is 4.61. The number of likely N-dealkylation sites (tertiary alicyclic amines) is 1. The summed E-state index contributed by atoms with van der Waals surface area (Å²) in [6.07, 6.45) is 4.80. The smallest absolute Gasteiger partial charge is 0.155 e. The maximum atomic E-state index is 5.73. The fraction of sp³-hybridized carbons (Fsp3) is 0.571. The van der Waals surface area contributed by atoms with E-state index in [4.69, 9.17) is 5.73 Å². The van der Waals surface area contributed by atoms with Crippen molar-refractivity contribution in [1.29, 1.82) is 0 Å². The molecule has 1 unspecified atom stereocenters. The predicted molar refractivity (Wildman–Crippen MR) is 74.9 cm³/mol. The van der Waals surface area contributed by atoms with Crippen LogP contribution in [0.4, 0.5) is 0 Å². The van der Waals surface area contributed by atoms with Gasteiger partial charge in [0.2, 0.25) is 0 Å². The highest BCUT2D eigenvalue weighted by Crippen LogP contribution is 2.18. The standard InChI is InChI=1S/C14H21N5/c1-18-8-3-2-5-11(18)9-13-16-14-7-4-6-12(10-15)19(14)17-13/h4,6-7,11H,2-3,5,8-10,15H2,1H3. The second kappa shape index (κ2) is 5.27. The van der Waals surface area contributed by atoms with Crippen molar-refractivity contribution in [1.82, 2.24) is 19.5 Å². The van der Waals surface area contributed by atoms with Crippen LogP contribution in [0, 0.1) is 0 Å². The van der Waals surface area contributed by atoms with Gasteiger partial charge in [0, 0.05) is 19.0 Å². The average Bonchev–Trinajstić information content (AvgIpc) is 2.83. The lowest BCUT2D eigenvalue weighted by Crippen LogP contribution is -2.37. The first-order valence-corrected chi connectivity index (χ1v) is 7.02. The van der Waals surface area contributed by atoms with E-state index in [-0.39, 0.29) is 0 Å². The Morgan fingerprint density at radius 3 is 3.05 bits per heavy atom. The van der Waals surface area contributed by atoms with Gasteiger partial charge in [-0.1, -0.05) is 12.5 Å². The first-order valence-electron chi connectivity index (χ1n) is 7.02. The number of nitrogens with zero attached hydrogens (tertiary/aromatic N) is 4. The summed E-state index contributed by atoms with van der Waals surface area (Å²) < 4.78 is 1.87. The number of rotatable bonds is 3. The minimum atomic E-state index is 0.490. The molecular weight excluding hydrogens is 238 g/mol. The molecule has 0 radical (unpaired) electrons. The molecule has 1 aliphatic heterocycles. The average molecular weight is 259 g/mol. The zero-order valence-electron chi connectivity index (χ0n) is 11.4. The van der Waals surface area contributed by atoms with E-state index in [0.29, 0.717) is 12.6 Å². The zero-order chi connectivity index (χ0) is 13.2. The van der Waals surface area contributed by atoms with Crippen molar-refractivity contribution >= 4 is 5.65 Å². The molecule has 0 amide bonds. The number of hydrogen-bond donors (Lipinski definition) is 1. The number of fused-ring (bicyclic) bond motifs is 1. The second-order valence-corrected chi connectivity index (χ2v) is 5.35. The molecule has 0 aliphatic carbocycles. The van der Waals surface area contributed by atoms with Gasteiger partial charge in [-0.3, -0.25) is 0 Å². The molecule has 0 bridgehead atoms. The lowest BCUT2D eigenvalue weighted by Gasteiger charge is -2.31. The van der Waals surface area contributed by atoms with E-state index in [1.54, 1.807) is 0 Å². The van der Waals surface area contributed by atoms with Crippen molar-refractivity contribution in [2.75, 3.05) is 13.6 Å². The van der Waals surface area contributed by atoms with Gasteiger partial charge >= 0.3 is 0 Å². The van der Waals surface area contributed by atoms with Crippen molar-refractivity contribution in [2.45, 2.75) is 38.3 Å². The Kier molecular flexibility index (Phi) is 3.48. The number of nitrogens with two attached hydrogens (primary N) is 1. The summed E-state index contributed by atoms with van der Waals surface area (Å²) >= 11 is 0. The number of hydrogen-bond acceptors (Lipinski definition) is 4. The summed E-state index contributed by atoms with van der Waals surface area (Å²) in [7, 11) is 2.20. The highest BCUT2D eigenvalue weighted by Gasteiger charge is 2.21. The van der Waals surface area contributed by atoms with Gasteiger partial charge in [0.25, 0.3) is 0 Å². The van der Waals surface area contributed by atoms with E-state index >= 15 is 0 Å². The molecule has 102 valence electrons. The molecule has 2 N–H and O–H groups in total. The number of piperidine rings is 1. The van der Waals surface area contributed by atoms with Crippen LogP contribution in [0.2, 0.25) is 0 Å². The lowest BCUT2D eigenvalue weighted by molar-refractivity contribution is 0.182. The van der Waals surface area contributed by atoms with Gasteiger partial charge in [0.15, 0.2) is 11.5 Å². The molecule has 3 rings (SSSR count). The van der Waals surface area contributed by atoms with Crippen LogP contribution in [0.3, 0.4) is 0 Å². The second-order valence-electron chi connectivity index (χ2n) is 5.35. The summed E-state index contributed by atoms with van der Waals surface area (Å²) in [6.45, 7) is 1.68. The molecular formula is C14H21N5. The topological polar surface area (TPSA) is 59.5 Å². The SMILES string of the molecule is CN1CCCCC1Cc1nc2cccc(CN)n2n1. The molecule has 2 aromatic rings. The van der Waals surface area contributed by atoms with Gasteiger partial charge in [-0.2, -0.15) is 5.10 Å². The zero-order valence-corrected chi connectivity index (χ0v) is 11.4. The van der Waals surface area contributed by atoms with Crippen LogP contribution in [-0.4, -0.2) is 39.1 Å². The maximum absolute atomic E-state index is 5.73. The van der Waals surface area contributed by atoms with Crippen LogP contribution in [0.5, 0.6) is 0 Å². The van der Waals surface area contributed by atoms with Crippen LogP contribution < -0.4 is 5.73 Å². The monoisotopic (exact) mass is 259 g/mol. The largest absolute Gasteiger partial charge is 0.325 e. The summed E-state index contributed by atoms with van der Waals surface area (Å²) in [5.74, 6) is 0.930. The van der Waals surface area contributed by atoms with Crippen LogP contribution in [0.1, 0.15) is 30.8 Å². The molecule has 1 fully saturated rings. The molecule has 19 heavy (non-hydrogen) atoms. The van der Waals surface area contributed by atoms with Gasteiger partial charge < -0.3 is 10.6 Å². The maximum Gasteiger partial charge on any atom is 0.155 e. The van der Waals surface area contributed by atoms with E-state index in [1.165, 1.54) is 25.8 Å². The van der Waals surface area contributed by atoms with Gasteiger partial charge in [-0.05, 0) is 38.6 Å². The van der Waals surface area contributed by atoms with Crippen molar-refractivity contribution in [3.05, 3.63) is 29.7 Å². The van der Waals surface area contributed by atoms with E-state index in [9.17, 15) is 0 Å². The highest BCUT2D eigenvalue weighted by atomic mass is 15.3. The van der Waals surface area contributed by atoms with Crippen LogP contribution >= 0.6 is 0 Å². The Labute approximate surface area is 113 Å². The molecule has 0 spiro atoms. The van der Waals surface area contributed by atoms with Crippen molar-refractivity contribution < 1.29 is 0 Å². The first kappa shape index (κ1) is 12.6. The Hall–Kier alpha value is -1.46. The van der Waals surface area contributed by atoms with E-state index in [2.05, 4.69) is 22.0 Å². The molecule has 5 nitrogen and oxygen atoms in total. The fourth-order valence-corrected chi connectivity index (χ4v) is 2.86. The summed E-state index contributed by atoms with van der Waals surface area (Å²) in [5.41, 5.74) is 7.64. The number of aromatic nitrogens is 3. The Morgan fingerprint density at radius 2 is 2.26 bits per heavy atom. The normalized spacial score (nSPS) is 21.1. The molecule has 1 atom stereocenters. The minimum absolute atomic E-state index is 0.490. The van der Waals surface area contributed by atoms with Crippen LogP contribution in [0.15, 0.2) is 18.2 Å². The van der Waals surface area contributed by atoms with Gasteiger partial charge in [-0.15, -0.1) is 0 Å². The number of pyridine rings is 1. The summed E-state index contributed by atoms with van der Waals surface area (Å²) in [6, 6.07) is 6.55. The molecule has 1 aliphatic rings. The highest BCUT2D eigenvalue weighted by molar-refractivity contribution is 5.38. The molecule has 5 heteroatoms. The van der Waals surface area contributed by atoms with E-state index < -0.39 is 0 Å². The predicted octanol–water partition coefficient (Wildman–Crippen LogP) is 1.21. The third kappa shape index (κ3) is 2.48. The van der Waals surface area contributed by atoms with Gasteiger partial charge in [0.1, 0.15) is 0 Å².